The molecule has 1 N–H and O–H groups in total. The molecule has 1 atom stereocenters. The summed E-state index contributed by atoms with van der Waals surface area (Å²) in [6.45, 7) is 0.932. The third kappa shape index (κ3) is 1.51. The van der Waals surface area contributed by atoms with Gasteiger partial charge in [0.1, 0.15) is 5.52 Å². The Hall–Kier alpha value is -1.68. The normalized spacial score (nSPS) is 20.4. The summed E-state index contributed by atoms with van der Waals surface area (Å²) in [5.41, 5.74) is 2.16. The Kier molecular flexibility index (Phi) is 2.22. The summed E-state index contributed by atoms with van der Waals surface area (Å²) in [6, 6.07) is 5.37. The van der Waals surface area contributed by atoms with Crippen LogP contribution in [0.3, 0.4) is 0 Å². The Labute approximate surface area is 92.7 Å². The highest BCUT2D eigenvalue weighted by atomic mass is 16.3. The van der Waals surface area contributed by atoms with Gasteiger partial charge in [0, 0.05) is 5.56 Å². The van der Waals surface area contributed by atoms with Crippen LogP contribution in [0.1, 0.15) is 23.2 Å². The molecular formula is C12H12N2O2. The Morgan fingerprint density at radius 1 is 1.50 bits per heavy atom. The minimum absolute atomic E-state index is 0.0274. The number of benzene rings is 1. The smallest absolute Gasteiger partial charge is 0.181 e. The lowest BCUT2D eigenvalue weighted by molar-refractivity contribution is 0.0952. The number of oxazole rings is 1. The molecule has 4 heteroatoms. The van der Waals surface area contributed by atoms with Crippen LogP contribution in [-0.2, 0) is 0 Å². The van der Waals surface area contributed by atoms with E-state index >= 15 is 0 Å². The van der Waals surface area contributed by atoms with Gasteiger partial charge < -0.3 is 9.73 Å². The highest BCUT2D eigenvalue weighted by Gasteiger charge is 2.23. The molecule has 1 aliphatic heterocycles. The molecule has 4 nitrogen and oxygen atoms in total. The van der Waals surface area contributed by atoms with Crippen LogP contribution in [0.4, 0.5) is 0 Å². The zero-order chi connectivity index (χ0) is 11.0. The second-order valence-corrected chi connectivity index (χ2v) is 4.05. The zero-order valence-electron chi connectivity index (χ0n) is 8.77. The molecule has 1 saturated heterocycles. The number of aromatic nitrogens is 1. The van der Waals surface area contributed by atoms with Crippen molar-refractivity contribution >= 4 is 16.9 Å². The Morgan fingerprint density at radius 2 is 2.44 bits per heavy atom. The molecule has 2 heterocycles. The highest BCUT2D eigenvalue weighted by molar-refractivity contribution is 6.02. The average molecular weight is 216 g/mol. The van der Waals surface area contributed by atoms with Gasteiger partial charge in [0.15, 0.2) is 17.8 Å². The molecule has 0 saturated carbocycles. The molecule has 1 fully saturated rings. The van der Waals surface area contributed by atoms with Gasteiger partial charge in [0.05, 0.1) is 6.04 Å². The lowest BCUT2D eigenvalue weighted by Crippen LogP contribution is -2.30. The third-order valence-electron chi connectivity index (χ3n) is 2.99. The number of nitrogens with zero attached hydrogens (tertiary/aromatic N) is 1. The van der Waals surface area contributed by atoms with Crippen molar-refractivity contribution in [1.82, 2.24) is 10.3 Å². The van der Waals surface area contributed by atoms with Gasteiger partial charge in [-0.2, -0.15) is 0 Å². The van der Waals surface area contributed by atoms with E-state index in [1.807, 2.05) is 12.1 Å². The fourth-order valence-electron chi connectivity index (χ4n) is 2.12. The minimum Gasteiger partial charge on any atom is -0.443 e. The van der Waals surface area contributed by atoms with E-state index in [0.29, 0.717) is 11.1 Å². The van der Waals surface area contributed by atoms with Gasteiger partial charge in [0.25, 0.3) is 0 Å². The van der Waals surface area contributed by atoms with Gasteiger partial charge in [-0.15, -0.1) is 0 Å². The molecule has 0 amide bonds. The van der Waals surface area contributed by atoms with Crippen LogP contribution in [0.15, 0.2) is 29.0 Å². The van der Waals surface area contributed by atoms with Crippen LogP contribution in [0.2, 0.25) is 0 Å². The van der Waals surface area contributed by atoms with Crippen LogP contribution in [0.25, 0.3) is 11.1 Å². The van der Waals surface area contributed by atoms with Gasteiger partial charge in [-0.3, -0.25) is 4.79 Å². The zero-order valence-corrected chi connectivity index (χ0v) is 8.77. The van der Waals surface area contributed by atoms with Crippen LogP contribution >= 0.6 is 0 Å². The Balaban J connectivity index is 1.95. The molecule has 0 radical (unpaired) electrons. The number of nitrogens with one attached hydrogen (secondary N) is 1. The maximum Gasteiger partial charge on any atom is 0.181 e. The molecule has 1 aromatic heterocycles. The number of hydrogen-bond acceptors (Lipinski definition) is 4. The predicted molar refractivity (Wildman–Crippen MR) is 59.4 cm³/mol. The molecule has 1 unspecified atom stereocenters. The minimum atomic E-state index is -0.0274. The molecule has 0 aliphatic carbocycles. The van der Waals surface area contributed by atoms with Crippen molar-refractivity contribution in [2.24, 2.45) is 0 Å². The number of Topliss-reactive ketones (excluding diaryl/α,β-unsaturated/α-hetero) is 1. The molecule has 82 valence electrons. The first kappa shape index (κ1) is 9.54. The average Bonchev–Trinajstić information content (AvgIpc) is 2.98. The first-order valence-corrected chi connectivity index (χ1v) is 5.45. The molecule has 1 aliphatic rings. The summed E-state index contributed by atoms with van der Waals surface area (Å²) in [4.78, 5) is 16.1. The van der Waals surface area contributed by atoms with Crippen LogP contribution in [0, 0.1) is 0 Å². The molecule has 1 aromatic carbocycles. The van der Waals surface area contributed by atoms with E-state index in [0.717, 1.165) is 24.9 Å². The van der Waals surface area contributed by atoms with E-state index in [4.69, 9.17) is 4.42 Å². The first-order valence-electron chi connectivity index (χ1n) is 5.45. The molecule has 3 rings (SSSR count). The summed E-state index contributed by atoms with van der Waals surface area (Å²) in [5, 5.41) is 3.20. The predicted octanol–water partition coefficient (Wildman–Crippen LogP) is 1.76. The summed E-state index contributed by atoms with van der Waals surface area (Å²) < 4.78 is 5.19. The van der Waals surface area contributed by atoms with E-state index in [9.17, 15) is 4.79 Å². The molecular weight excluding hydrogens is 204 g/mol. The van der Waals surface area contributed by atoms with E-state index < -0.39 is 0 Å². The summed E-state index contributed by atoms with van der Waals surface area (Å²) in [6.07, 6.45) is 3.39. The van der Waals surface area contributed by atoms with Crippen molar-refractivity contribution in [2.45, 2.75) is 18.9 Å². The number of hydrogen-bond donors (Lipinski definition) is 1. The number of carbonyl (C=O) groups excluding carboxylic acids is 1. The van der Waals surface area contributed by atoms with Crippen LogP contribution < -0.4 is 5.32 Å². The van der Waals surface area contributed by atoms with E-state index in [1.165, 1.54) is 6.39 Å². The Morgan fingerprint density at radius 3 is 3.25 bits per heavy atom. The van der Waals surface area contributed by atoms with Crippen LogP contribution in [-0.4, -0.2) is 23.4 Å². The maximum absolute atomic E-state index is 12.1. The van der Waals surface area contributed by atoms with Crippen molar-refractivity contribution < 1.29 is 9.21 Å². The number of ketones is 1. The molecule has 16 heavy (non-hydrogen) atoms. The SMILES string of the molecule is O=C(c1ccc2ncoc2c1)C1CCCN1. The van der Waals surface area contributed by atoms with Crippen molar-refractivity contribution in [3.8, 4) is 0 Å². The quantitative estimate of drug-likeness (QED) is 0.777. The van der Waals surface area contributed by atoms with Gasteiger partial charge >= 0.3 is 0 Å². The fourth-order valence-corrected chi connectivity index (χ4v) is 2.12. The highest BCUT2D eigenvalue weighted by Crippen LogP contribution is 2.17. The third-order valence-corrected chi connectivity index (χ3v) is 2.99. The topological polar surface area (TPSA) is 55.1 Å². The molecule has 0 spiro atoms. The summed E-state index contributed by atoms with van der Waals surface area (Å²) >= 11 is 0. The van der Waals surface area contributed by atoms with Crippen molar-refractivity contribution in [2.75, 3.05) is 6.54 Å². The second-order valence-electron chi connectivity index (χ2n) is 4.05. The number of carbonyl (C=O) groups is 1. The van der Waals surface area contributed by atoms with E-state index in [2.05, 4.69) is 10.3 Å². The largest absolute Gasteiger partial charge is 0.443 e. The van der Waals surface area contributed by atoms with Gasteiger partial charge in [0.2, 0.25) is 0 Å². The summed E-state index contributed by atoms with van der Waals surface area (Å²) in [7, 11) is 0. The van der Waals surface area contributed by atoms with Crippen molar-refractivity contribution in [3.63, 3.8) is 0 Å². The maximum atomic E-state index is 12.1. The standard InChI is InChI=1S/C12H12N2O2/c15-12(10-2-1-5-13-10)8-3-4-9-11(6-8)16-7-14-9/h3-4,6-7,10,13H,1-2,5H2. The van der Waals surface area contributed by atoms with E-state index in [1.54, 1.807) is 6.07 Å². The fraction of sp³-hybridized carbons (Fsp3) is 0.333. The van der Waals surface area contributed by atoms with Crippen molar-refractivity contribution in [1.29, 1.82) is 0 Å². The lowest BCUT2D eigenvalue weighted by Gasteiger charge is -2.08. The van der Waals surface area contributed by atoms with Crippen molar-refractivity contribution in [3.05, 3.63) is 30.2 Å². The van der Waals surface area contributed by atoms with Gasteiger partial charge in [-0.05, 0) is 37.6 Å². The summed E-state index contributed by atoms with van der Waals surface area (Å²) in [5.74, 6) is 0.149. The number of fused-ring (bicyclic) bond motifs is 1. The Bertz CT molecular complexity index is 527. The van der Waals surface area contributed by atoms with Gasteiger partial charge in [-0.1, -0.05) is 0 Å². The number of rotatable bonds is 2. The monoisotopic (exact) mass is 216 g/mol. The molecule has 0 bridgehead atoms. The first-order chi connectivity index (χ1) is 7.84. The van der Waals surface area contributed by atoms with E-state index in [-0.39, 0.29) is 11.8 Å². The molecule has 2 aromatic rings. The van der Waals surface area contributed by atoms with Crippen LogP contribution in [0.5, 0.6) is 0 Å². The van der Waals surface area contributed by atoms with Gasteiger partial charge in [-0.25, -0.2) is 4.98 Å². The lowest BCUT2D eigenvalue weighted by atomic mass is 10.0. The second kappa shape index (κ2) is 3.72.